The van der Waals surface area contributed by atoms with E-state index in [9.17, 15) is 9.59 Å². The lowest BCUT2D eigenvalue weighted by atomic mass is 10.2. The van der Waals surface area contributed by atoms with Gasteiger partial charge >= 0.3 is 0 Å². The average Bonchev–Trinajstić information content (AvgIpc) is 3.18. The van der Waals surface area contributed by atoms with Crippen molar-refractivity contribution in [3.8, 4) is 0 Å². The molecule has 2 amide bonds. The molecule has 19 heavy (non-hydrogen) atoms. The van der Waals surface area contributed by atoms with E-state index in [0.29, 0.717) is 25.2 Å². The Morgan fingerprint density at radius 2 is 2.05 bits per heavy atom. The van der Waals surface area contributed by atoms with Crippen LogP contribution in [0.2, 0.25) is 0 Å². The van der Waals surface area contributed by atoms with Gasteiger partial charge in [0.1, 0.15) is 0 Å². The van der Waals surface area contributed by atoms with Gasteiger partial charge in [-0.2, -0.15) is 5.10 Å². The maximum atomic E-state index is 11.8. The smallest absolute Gasteiger partial charge is 0.274 e. The van der Waals surface area contributed by atoms with Crippen LogP contribution in [0.25, 0.3) is 0 Å². The quantitative estimate of drug-likeness (QED) is 0.534. The number of H-pyrrole nitrogens is 1. The number of anilines is 1. The van der Waals surface area contributed by atoms with Crippen molar-refractivity contribution in [2.75, 3.05) is 18.8 Å². The van der Waals surface area contributed by atoms with E-state index in [2.05, 4.69) is 20.8 Å². The van der Waals surface area contributed by atoms with E-state index in [1.54, 1.807) is 0 Å². The van der Waals surface area contributed by atoms with Crippen LogP contribution < -0.4 is 16.4 Å². The number of nitrogens with one attached hydrogen (secondary N) is 3. The van der Waals surface area contributed by atoms with Crippen molar-refractivity contribution in [1.82, 2.24) is 20.8 Å². The van der Waals surface area contributed by atoms with Crippen molar-refractivity contribution in [2.45, 2.75) is 26.2 Å². The van der Waals surface area contributed by atoms with Gasteiger partial charge in [0.05, 0.1) is 11.4 Å². The Balaban J connectivity index is 1.74. The van der Waals surface area contributed by atoms with Gasteiger partial charge in [0.15, 0.2) is 5.69 Å². The molecule has 1 saturated carbocycles. The number of nitrogens with two attached hydrogens (primary N) is 1. The van der Waals surface area contributed by atoms with Gasteiger partial charge in [-0.05, 0) is 19.3 Å². The minimum absolute atomic E-state index is 0.0711. The zero-order chi connectivity index (χ0) is 13.8. The summed E-state index contributed by atoms with van der Waals surface area (Å²) in [6.07, 6.45) is 2.65. The molecule has 0 spiro atoms. The Labute approximate surface area is 111 Å². The number of amides is 2. The molecule has 1 aromatic heterocycles. The molecule has 2 rings (SSSR count). The number of aromatic nitrogens is 2. The Hall–Kier alpha value is -2.05. The highest BCUT2D eigenvalue weighted by Gasteiger charge is 2.29. The molecule has 0 bridgehead atoms. The van der Waals surface area contributed by atoms with Crippen molar-refractivity contribution in [3.63, 3.8) is 0 Å². The van der Waals surface area contributed by atoms with Crippen LogP contribution in [0.5, 0.6) is 0 Å². The van der Waals surface area contributed by atoms with E-state index in [4.69, 9.17) is 5.73 Å². The summed E-state index contributed by atoms with van der Waals surface area (Å²) in [7, 11) is 0. The predicted octanol–water partition coefficient (Wildman–Crippen LogP) is -0.190. The molecule has 1 aliphatic carbocycles. The van der Waals surface area contributed by atoms with Crippen LogP contribution in [0.15, 0.2) is 0 Å². The summed E-state index contributed by atoms with van der Waals surface area (Å²) in [6.45, 7) is 2.72. The average molecular weight is 265 g/mol. The van der Waals surface area contributed by atoms with Gasteiger partial charge in [0, 0.05) is 19.0 Å². The summed E-state index contributed by atoms with van der Waals surface area (Å²) in [5, 5.41) is 12.1. The van der Waals surface area contributed by atoms with E-state index in [-0.39, 0.29) is 23.4 Å². The zero-order valence-electron chi connectivity index (χ0n) is 11.0. The van der Waals surface area contributed by atoms with Crippen LogP contribution in [0.4, 0.5) is 5.69 Å². The van der Waals surface area contributed by atoms with E-state index in [1.807, 2.05) is 6.92 Å². The molecule has 1 fully saturated rings. The molecule has 1 aliphatic rings. The Bertz CT molecular complexity index is 478. The topological polar surface area (TPSA) is 113 Å². The number of nitrogen functional groups attached to an aromatic ring is 1. The van der Waals surface area contributed by atoms with Crippen LogP contribution in [-0.2, 0) is 11.2 Å². The number of aromatic amines is 1. The van der Waals surface area contributed by atoms with Gasteiger partial charge in [0.2, 0.25) is 5.91 Å². The number of carbonyl (C=O) groups is 2. The zero-order valence-corrected chi connectivity index (χ0v) is 11.0. The fourth-order valence-electron chi connectivity index (χ4n) is 1.76. The molecule has 7 heteroatoms. The molecule has 7 nitrogen and oxygen atoms in total. The second-order valence-electron chi connectivity index (χ2n) is 4.64. The van der Waals surface area contributed by atoms with Gasteiger partial charge in [-0.25, -0.2) is 0 Å². The molecule has 5 N–H and O–H groups in total. The molecular formula is C12H19N5O2. The van der Waals surface area contributed by atoms with Crippen LogP contribution in [0.3, 0.4) is 0 Å². The van der Waals surface area contributed by atoms with Crippen LogP contribution in [-0.4, -0.2) is 35.1 Å². The fourth-order valence-corrected chi connectivity index (χ4v) is 1.76. The molecule has 0 radical (unpaired) electrons. The second kappa shape index (κ2) is 5.73. The van der Waals surface area contributed by atoms with Crippen molar-refractivity contribution < 1.29 is 9.59 Å². The maximum absolute atomic E-state index is 11.8. The summed E-state index contributed by atoms with van der Waals surface area (Å²) in [6, 6.07) is 0. The van der Waals surface area contributed by atoms with Crippen molar-refractivity contribution in [3.05, 3.63) is 11.4 Å². The highest BCUT2D eigenvalue weighted by molar-refractivity contribution is 5.97. The monoisotopic (exact) mass is 265 g/mol. The minimum atomic E-state index is -0.325. The Morgan fingerprint density at radius 3 is 2.63 bits per heavy atom. The fraction of sp³-hybridized carbons (Fsp3) is 0.583. The highest BCUT2D eigenvalue weighted by atomic mass is 16.2. The molecule has 0 saturated heterocycles. The van der Waals surface area contributed by atoms with Crippen LogP contribution >= 0.6 is 0 Å². The predicted molar refractivity (Wildman–Crippen MR) is 70.4 cm³/mol. The third-order valence-electron chi connectivity index (χ3n) is 3.11. The normalized spacial score (nSPS) is 14.2. The lowest BCUT2D eigenvalue weighted by Gasteiger charge is -2.05. The third-order valence-corrected chi connectivity index (χ3v) is 3.11. The van der Waals surface area contributed by atoms with E-state index in [1.165, 1.54) is 0 Å². The number of hydrogen-bond donors (Lipinski definition) is 4. The SMILES string of the molecule is CCc1[nH]nc(C(=O)NCCNC(=O)C2CC2)c1N. The lowest BCUT2D eigenvalue weighted by Crippen LogP contribution is -2.35. The number of hydrogen-bond acceptors (Lipinski definition) is 4. The van der Waals surface area contributed by atoms with E-state index < -0.39 is 0 Å². The van der Waals surface area contributed by atoms with Gasteiger partial charge in [-0.1, -0.05) is 6.92 Å². The largest absolute Gasteiger partial charge is 0.395 e. The Morgan fingerprint density at radius 1 is 1.37 bits per heavy atom. The van der Waals surface area contributed by atoms with Gasteiger partial charge in [-0.3, -0.25) is 14.7 Å². The first kappa shape index (κ1) is 13.4. The number of rotatable bonds is 6. The van der Waals surface area contributed by atoms with Gasteiger partial charge < -0.3 is 16.4 Å². The second-order valence-corrected chi connectivity index (χ2v) is 4.64. The molecule has 0 unspecified atom stereocenters. The molecule has 0 aromatic carbocycles. The van der Waals surface area contributed by atoms with Crippen LogP contribution in [0, 0.1) is 5.92 Å². The number of nitrogens with zero attached hydrogens (tertiary/aromatic N) is 1. The highest BCUT2D eigenvalue weighted by Crippen LogP contribution is 2.28. The first-order chi connectivity index (χ1) is 9.13. The molecule has 1 aromatic rings. The van der Waals surface area contributed by atoms with Crippen molar-refractivity contribution in [1.29, 1.82) is 0 Å². The third kappa shape index (κ3) is 3.24. The van der Waals surface area contributed by atoms with Gasteiger partial charge in [0.25, 0.3) is 5.91 Å². The van der Waals surface area contributed by atoms with Gasteiger partial charge in [-0.15, -0.1) is 0 Å². The van der Waals surface area contributed by atoms with E-state index >= 15 is 0 Å². The molecule has 1 heterocycles. The van der Waals surface area contributed by atoms with Crippen molar-refractivity contribution >= 4 is 17.5 Å². The summed E-state index contributed by atoms with van der Waals surface area (Å²) in [5.74, 6) is -0.0688. The maximum Gasteiger partial charge on any atom is 0.274 e. The summed E-state index contributed by atoms with van der Waals surface area (Å²) in [4.78, 5) is 23.2. The van der Waals surface area contributed by atoms with Crippen LogP contribution in [0.1, 0.15) is 35.9 Å². The lowest BCUT2D eigenvalue weighted by molar-refractivity contribution is -0.122. The molecule has 104 valence electrons. The summed E-state index contributed by atoms with van der Waals surface area (Å²) >= 11 is 0. The summed E-state index contributed by atoms with van der Waals surface area (Å²) in [5.41, 5.74) is 7.15. The summed E-state index contributed by atoms with van der Waals surface area (Å²) < 4.78 is 0. The number of carbonyl (C=O) groups excluding carboxylic acids is 2. The molecule has 0 aliphatic heterocycles. The first-order valence-electron chi connectivity index (χ1n) is 6.52. The first-order valence-corrected chi connectivity index (χ1v) is 6.52. The molecular weight excluding hydrogens is 246 g/mol. The minimum Gasteiger partial charge on any atom is -0.395 e. The number of aryl methyl sites for hydroxylation is 1. The standard InChI is InChI=1S/C12H19N5O2/c1-2-8-9(13)10(17-16-8)12(19)15-6-5-14-11(18)7-3-4-7/h7H,2-6,13H2,1H3,(H,14,18)(H,15,19)(H,16,17). The molecule has 0 atom stereocenters. The van der Waals surface area contributed by atoms with Crippen molar-refractivity contribution in [2.24, 2.45) is 5.92 Å². The van der Waals surface area contributed by atoms with E-state index in [0.717, 1.165) is 18.5 Å². The Kier molecular flexibility index (Phi) is 4.03.